The first kappa shape index (κ1) is 13.1. The van der Waals surface area contributed by atoms with Gasteiger partial charge in [0.25, 0.3) is 0 Å². The Bertz CT molecular complexity index is 480. The van der Waals surface area contributed by atoms with Gasteiger partial charge in [-0.2, -0.15) is 5.26 Å². The monoisotopic (exact) mass is 262 g/mol. The molecule has 4 heteroatoms. The Labute approximate surface area is 112 Å². The highest BCUT2D eigenvalue weighted by Gasteiger charge is 2.41. The van der Waals surface area contributed by atoms with Crippen molar-refractivity contribution >= 4 is 17.2 Å². The number of nitriles is 1. The maximum absolute atomic E-state index is 12.3. The zero-order chi connectivity index (χ0) is 13.2. The highest BCUT2D eigenvalue weighted by molar-refractivity contribution is 7.12. The highest BCUT2D eigenvalue weighted by Crippen LogP contribution is 2.38. The summed E-state index contributed by atoms with van der Waals surface area (Å²) in [7, 11) is 0. The number of carbonyl (C=O) groups is 1. The van der Waals surface area contributed by atoms with E-state index in [1.54, 1.807) is 11.3 Å². The minimum absolute atomic E-state index is 0.0120. The van der Waals surface area contributed by atoms with Crippen LogP contribution >= 0.6 is 11.3 Å². The molecule has 1 N–H and O–H groups in total. The summed E-state index contributed by atoms with van der Waals surface area (Å²) in [5, 5.41) is 12.3. The molecule has 1 unspecified atom stereocenters. The molecular formula is C14H18N2OS. The van der Waals surface area contributed by atoms with Crippen LogP contribution in [0.1, 0.15) is 48.4 Å². The van der Waals surface area contributed by atoms with Crippen molar-refractivity contribution in [2.45, 2.75) is 45.6 Å². The first-order chi connectivity index (χ1) is 8.57. The summed E-state index contributed by atoms with van der Waals surface area (Å²) in [6.45, 7) is 4.03. The van der Waals surface area contributed by atoms with E-state index < -0.39 is 5.41 Å². The van der Waals surface area contributed by atoms with Crippen LogP contribution in [0.15, 0.2) is 12.1 Å². The highest BCUT2D eigenvalue weighted by atomic mass is 32.1. The fourth-order valence-electron chi connectivity index (χ4n) is 2.46. The Morgan fingerprint density at radius 1 is 1.50 bits per heavy atom. The zero-order valence-corrected chi connectivity index (χ0v) is 11.6. The van der Waals surface area contributed by atoms with Gasteiger partial charge in [-0.3, -0.25) is 4.79 Å². The molecule has 96 valence electrons. The summed E-state index contributed by atoms with van der Waals surface area (Å²) in [5.74, 6) is -0.0962. The van der Waals surface area contributed by atoms with E-state index in [4.69, 9.17) is 0 Å². The van der Waals surface area contributed by atoms with Crippen LogP contribution in [0.25, 0.3) is 0 Å². The normalized spacial score (nSPS) is 19.2. The molecular weight excluding hydrogens is 244 g/mol. The Kier molecular flexibility index (Phi) is 3.72. The van der Waals surface area contributed by atoms with Crippen LogP contribution in [-0.2, 0) is 4.79 Å². The molecule has 3 nitrogen and oxygen atoms in total. The second kappa shape index (κ2) is 5.11. The molecule has 0 bridgehead atoms. The van der Waals surface area contributed by atoms with Gasteiger partial charge < -0.3 is 5.32 Å². The number of hydrogen-bond acceptors (Lipinski definition) is 3. The van der Waals surface area contributed by atoms with E-state index >= 15 is 0 Å². The molecule has 0 saturated heterocycles. The SMILES string of the molecule is Cc1ccc(C(C)NC(=O)C2(C#N)CCCC2)s1. The molecule has 1 aliphatic carbocycles. The Morgan fingerprint density at radius 3 is 2.67 bits per heavy atom. The van der Waals surface area contributed by atoms with E-state index in [0.717, 1.165) is 17.7 Å². The van der Waals surface area contributed by atoms with Gasteiger partial charge in [-0.15, -0.1) is 11.3 Å². The van der Waals surface area contributed by atoms with Gasteiger partial charge in [0.2, 0.25) is 5.91 Å². The van der Waals surface area contributed by atoms with E-state index in [-0.39, 0.29) is 11.9 Å². The maximum atomic E-state index is 12.3. The third-order valence-electron chi connectivity index (χ3n) is 3.64. The Morgan fingerprint density at radius 2 is 2.17 bits per heavy atom. The third-order valence-corrected chi connectivity index (χ3v) is 4.82. The predicted octanol–water partition coefficient (Wildman–Crippen LogP) is 3.32. The van der Waals surface area contributed by atoms with Crippen LogP contribution in [0.4, 0.5) is 0 Å². The molecule has 0 spiro atoms. The van der Waals surface area contributed by atoms with Gasteiger partial charge in [0.05, 0.1) is 12.1 Å². The standard InChI is InChI=1S/C14H18N2OS/c1-10-5-6-12(18-10)11(2)16-13(17)14(9-15)7-3-4-8-14/h5-6,11H,3-4,7-8H2,1-2H3,(H,16,17). The van der Waals surface area contributed by atoms with Crippen molar-refractivity contribution in [2.75, 3.05) is 0 Å². The van der Waals surface area contributed by atoms with Crippen LogP contribution in [0.3, 0.4) is 0 Å². The lowest BCUT2D eigenvalue weighted by molar-refractivity contribution is -0.128. The topological polar surface area (TPSA) is 52.9 Å². The molecule has 0 aliphatic heterocycles. The average molecular weight is 262 g/mol. The van der Waals surface area contributed by atoms with Gasteiger partial charge in [0, 0.05) is 9.75 Å². The van der Waals surface area contributed by atoms with Gasteiger partial charge in [-0.25, -0.2) is 0 Å². The Hall–Kier alpha value is -1.34. The molecule has 1 atom stereocenters. The second-order valence-corrected chi connectivity index (χ2v) is 6.36. The summed E-state index contributed by atoms with van der Waals surface area (Å²) in [5.41, 5.74) is -0.777. The van der Waals surface area contributed by atoms with Crippen LogP contribution in [0, 0.1) is 23.7 Å². The predicted molar refractivity (Wildman–Crippen MR) is 72.1 cm³/mol. The molecule has 1 heterocycles. The van der Waals surface area contributed by atoms with Crippen LogP contribution in [0.5, 0.6) is 0 Å². The smallest absolute Gasteiger partial charge is 0.240 e. The molecule has 1 aromatic rings. The van der Waals surface area contributed by atoms with Crippen molar-refractivity contribution < 1.29 is 4.79 Å². The number of hydrogen-bond donors (Lipinski definition) is 1. The minimum Gasteiger partial charge on any atom is -0.347 e. The van der Waals surface area contributed by atoms with E-state index in [0.29, 0.717) is 12.8 Å². The van der Waals surface area contributed by atoms with Gasteiger partial charge in [-0.1, -0.05) is 12.8 Å². The van der Waals surface area contributed by atoms with Crippen molar-refractivity contribution in [3.63, 3.8) is 0 Å². The lowest BCUT2D eigenvalue weighted by Gasteiger charge is -2.22. The first-order valence-electron chi connectivity index (χ1n) is 6.36. The largest absolute Gasteiger partial charge is 0.347 e. The van der Waals surface area contributed by atoms with Crippen LogP contribution in [0.2, 0.25) is 0 Å². The lowest BCUT2D eigenvalue weighted by Crippen LogP contribution is -2.39. The summed E-state index contributed by atoms with van der Waals surface area (Å²) in [6.07, 6.45) is 3.36. The quantitative estimate of drug-likeness (QED) is 0.908. The summed E-state index contributed by atoms with van der Waals surface area (Å²) >= 11 is 1.69. The summed E-state index contributed by atoms with van der Waals surface area (Å²) < 4.78 is 0. The summed E-state index contributed by atoms with van der Waals surface area (Å²) in [4.78, 5) is 14.6. The average Bonchev–Trinajstić information content (AvgIpc) is 2.97. The molecule has 1 aliphatic rings. The molecule has 1 aromatic heterocycles. The third kappa shape index (κ3) is 2.41. The molecule has 1 fully saturated rings. The summed E-state index contributed by atoms with van der Waals surface area (Å²) in [6, 6.07) is 6.31. The molecule has 0 aromatic carbocycles. The number of thiophene rings is 1. The van der Waals surface area contributed by atoms with E-state index in [2.05, 4.69) is 24.4 Å². The zero-order valence-electron chi connectivity index (χ0n) is 10.8. The first-order valence-corrected chi connectivity index (χ1v) is 7.17. The number of amides is 1. The Balaban J connectivity index is 2.05. The second-order valence-electron chi connectivity index (χ2n) is 5.04. The maximum Gasteiger partial charge on any atom is 0.240 e. The van der Waals surface area contributed by atoms with Crippen molar-refractivity contribution in [3.05, 3.63) is 21.9 Å². The number of aryl methyl sites for hydroxylation is 1. The fraction of sp³-hybridized carbons (Fsp3) is 0.571. The lowest BCUT2D eigenvalue weighted by atomic mass is 9.87. The molecule has 1 amide bonds. The van der Waals surface area contributed by atoms with Gasteiger partial charge in [0.15, 0.2) is 0 Å². The number of nitrogens with one attached hydrogen (secondary N) is 1. The van der Waals surface area contributed by atoms with E-state index in [1.807, 2.05) is 13.0 Å². The van der Waals surface area contributed by atoms with Gasteiger partial charge in [-0.05, 0) is 38.8 Å². The fourth-order valence-corrected chi connectivity index (χ4v) is 3.34. The van der Waals surface area contributed by atoms with Crippen molar-refractivity contribution in [3.8, 4) is 6.07 Å². The molecule has 2 rings (SSSR count). The van der Waals surface area contributed by atoms with Crippen molar-refractivity contribution in [1.29, 1.82) is 5.26 Å². The minimum atomic E-state index is -0.777. The van der Waals surface area contributed by atoms with Crippen LogP contribution < -0.4 is 5.32 Å². The molecule has 1 saturated carbocycles. The van der Waals surface area contributed by atoms with Crippen molar-refractivity contribution in [2.24, 2.45) is 5.41 Å². The van der Waals surface area contributed by atoms with Crippen LogP contribution in [-0.4, -0.2) is 5.91 Å². The van der Waals surface area contributed by atoms with E-state index in [9.17, 15) is 10.1 Å². The van der Waals surface area contributed by atoms with Gasteiger partial charge in [0.1, 0.15) is 5.41 Å². The van der Waals surface area contributed by atoms with E-state index in [1.165, 1.54) is 4.88 Å². The number of rotatable bonds is 3. The number of carbonyl (C=O) groups excluding carboxylic acids is 1. The van der Waals surface area contributed by atoms with Gasteiger partial charge >= 0.3 is 0 Å². The molecule has 0 radical (unpaired) electrons. The molecule has 18 heavy (non-hydrogen) atoms. The van der Waals surface area contributed by atoms with Crippen molar-refractivity contribution in [1.82, 2.24) is 5.32 Å². The number of nitrogens with zero attached hydrogens (tertiary/aromatic N) is 1.